The van der Waals surface area contributed by atoms with Crippen LogP contribution in [0.25, 0.3) is 0 Å². The van der Waals surface area contributed by atoms with Gasteiger partial charge in [0.2, 0.25) is 0 Å². The fraction of sp³-hybridized carbons (Fsp3) is 0.550. The lowest BCUT2D eigenvalue weighted by Gasteiger charge is -2.35. The van der Waals surface area contributed by atoms with Crippen molar-refractivity contribution < 1.29 is 0 Å². The van der Waals surface area contributed by atoms with Gasteiger partial charge >= 0.3 is 0 Å². The Labute approximate surface area is 176 Å². The molecule has 2 aromatic heterocycles. The summed E-state index contributed by atoms with van der Waals surface area (Å²) in [7, 11) is 0. The summed E-state index contributed by atoms with van der Waals surface area (Å²) in [4.78, 5) is 22.9. The van der Waals surface area contributed by atoms with Crippen LogP contribution in [0.2, 0.25) is 0 Å². The third-order valence-electron chi connectivity index (χ3n) is 5.67. The number of likely N-dealkylation sites (N-methyl/N-ethyl adjacent to an activating group) is 1. The molecule has 29 heavy (non-hydrogen) atoms. The van der Waals surface area contributed by atoms with Gasteiger partial charge in [0.05, 0.1) is 6.54 Å². The lowest BCUT2D eigenvalue weighted by atomic mass is 10.2. The van der Waals surface area contributed by atoms with Crippen LogP contribution in [0.15, 0.2) is 34.9 Å². The minimum absolute atomic E-state index is 0.586. The highest BCUT2D eigenvalue weighted by Gasteiger charge is 2.20. The second-order valence-electron chi connectivity index (χ2n) is 7.41. The van der Waals surface area contributed by atoms with Crippen molar-refractivity contribution >= 4 is 28.2 Å². The number of rotatable bonds is 5. The Balaban J connectivity index is 1.31. The van der Waals surface area contributed by atoms with Gasteiger partial charge in [-0.15, -0.1) is 11.3 Å². The average Bonchev–Trinajstić information content (AvgIpc) is 3.33. The summed E-state index contributed by atoms with van der Waals surface area (Å²) in [6.45, 7) is 11.8. The highest BCUT2D eigenvalue weighted by molar-refractivity contribution is 7.13. The first-order chi connectivity index (χ1) is 14.2. The molecule has 8 nitrogen and oxygen atoms in total. The van der Waals surface area contributed by atoms with Gasteiger partial charge in [-0.2, -0.15) is 0 Å². The van der Waals surface area contributed by atoms with E-state index in [0.717, 1.165) is 75.4 Å². The molecule has 2 aromatic rings. The smallest absolute Gasteiger partial charge is 0.191 e. The molecule has 0 radical (unpaired) electrons. The highest BCUT2D eigenvalue weighted by Crippen LogP contribution is 2.19. The third-order valence-corrected chi connectivity index (χ3v) is 6.50. The predicted octanol–water partition coefficient (Wildman–Crippen LogP) is 1.32. The van der Waals surface area contributed by atoms with Gasteiger partial charge in [-0.05, 0) is 24.2 Å². The van der Waals surface area contributed by atoms with Crippen molar-refractivity contribution in [3.8, 4) is 0 Å². The zero-order valence-electron chi connectivity index (χ0n) is 17.1. The number of aliphatic imine (C=N–C) groups is 1. The van der Waals surface area contributed by atoms with Crippen LogP contribution in [0.5, 0.6) is 0 Å². The van der Waals surface area contributed by atoms with Crippen molar-refractivity contribution in [1.29, 1.82) is 0 Å². The zero-order valence-corrected chi connectivity index (χ0v) is 17.9. The van der Waals surface area contributed by atoms with Crippen LogP contribution in [0, 0.1) is 0 Å². The van der Waals surface area contributed by atoms with E-state index in [1.807, 2.05) is 23.8 Å². The van der Waals surface area contributed by atoms with Gasteiger partial charge in [0.25, 0.3) is 0 Å². The van der Waals surface area contributed by atoms with Crippen LogP contribution in [0.3, 0.4) is 0 Å². The molecule has 0 atom stereocenters. The van der Waals surface area contributed by atoms with Gasteiger partial charge in [-0.25, -0.2) is 15.0 Å². The maximum absolute atomic E-state index is 6.28. The Morgan fingerprint density at radius 2 is 1.79 bits per heavy atom. The Morgan fingerprint density at radius 1 is 1.03 bits per heavy atom. The lowest BCUT2D eigenvalue weighted by Crippen LogP contribution is -2.51. The molecule has 2 saturated heterocycles. The maximum Gasteiger partial charge on any atom is 0.191 e. The van der Waals surface area contributed by atoms with E-state index in [0.29, 0.717) is 12.5 Å². The molecule has 0 aromatic carbocycles. The molecule has 0 bridgehead atoms. The van der Waals surface area contributed by atoms with Crippen molar-refractivity contribution in [1.82, 2.24) is 19.8 Å². The molecule has 0 amide bonds. The molecular formula is C20H30N8S. The molecule has 0 aliphatic carbocycles. The molecule has 2 fully saturated rings. The van der Waals surface area contributed by atoms with Crippen LogP contribution in [-0.4, -0.2) is 84.6 Å². The highest BCUT2D eigenvalue weighted by atomic mass is 32.1. The Hall–Kier alpha value is -2.39. The van der Waals surface area contributed by atoms with Crippen molar-refractivity contribution in [2.45, 2.75) is 13.5 Å². The standard InChI is InChI=1S/C20H30N8S/c1-2-25-6-8-26(9-7-25)18-15-17(3-4-22-18)16-24-19(21)27-10-12-28(13-11-27)20-23-5-14-29-20/h3-5,14-15H,2,6-13,16H2,1H3,(H2,21,24). The van der Waals surface area contributed by atoms with Crippen LogP contribution in [0.1, 0.15) is 12.5 Å². The van der Waals surface area contributed by atoms with E-state index in [-0.39, 0.29) is 0 Å². The van der Waals surface area contributed by atoms with Gasteiger partial charge in [-0.1, -0.05) is 6.92 Å². The van der Waals surface area contributed by atoms with E-state index in [4.69, 9.17) is 5.73 Å². The number of hydrogen-bond donors (Lipinski definition) is 1. The number of hydrogen-bond acceptors (Lipinski definition) is 7. The quantitative estimate of drug-likeness (QED) is 0.584. The average molecular weight is 415 g/mol. The molecule has 0 spiro atoms. The zero-order chi connectivity index (χ0) is 20.1. The summed E-state index contributed by atoms with van der Waals surface area (Å²) in [5, 5.41) is 3.11. The number of anilines is 2. The molecule has 0 saturated carbocycles. The predicted molar refractivity (Wildman–Crippen MR) is 120 cm³/mol. The first-order valence-electron chi connectivity index (χ1n) is 10.3. The van der Waals surface area contributed by atoms with E-state index in [1.165, 1.54) is 0 Å². The van der Waals surface area contributed by atoms with Gasteiger partial charge in [0.1, 0.15) is 5.82 Å². The Bertz CT molecular complexity index is 793. The number of thiazole rings is 1. The number of guanidine groups is 1. The molecule has 4 heterocycles. The first kappa shape index (κ1) is 19.9. The lowest BCUT2D eigenvalue weighted by molar-refractivity contribution is 0.270. The fourth-order valence-corrected chi connectivity index (χ4v) is 4.49. The summed E-state index contributed by atoms with van der Waals surface area (Å²) in [6, 6.07) is 4.18. The van der Waals surface area contributed by atoms with Crippen molar-refractivity contribution in [3.05, 3.63) is 35.5 Å². The summed E-state index contributed by atoms with van der Waals surface area (Å²) in [5.41, 5.74) is 7.43. The Morgan fingerprint density at radius 3 is 2.48 bits per heavy atom. The second-order valence-corrected chi connectivity index (χ2v) is 8.28. The summed E-state index contributed by atoms with van der Waals surface area (Å²) in [5.74, 6) is 1.67. The van der Waals surface area contributed by atoms with Gasteiger partial charge in [0.15, 0.2) is 11.1 Å². The van der Waals surface area contributed by atoms with E-state index >= 15 is 0 Å². The molecule has 9 heteroatoms. The van der Waals surface area contributed by atoms with Crippen molar-refractivity contribution in [3.63, 3.8) is 0 Å². The number of nitrogens with two attached hydrogens (primary N) is 1. The Kier molecular flexibility index (Phi) is 6.46. The maximum atomic E-state index is 6.28. The molecule has 4 rings (SSSR count). The largest absolute Gasteiger partial charge is 0.370 e. The number of piperazine rings is 2. The van der Waals surface area contributed by atoms with Crippen molar-refractivity contribution in [2.24, 2.45) is 10.7 Å². The van der Waals surface area contributed by atoms with E-state index in [2.05, 4.69) is 47.6 Å². The number of aromatic nitrogens is 2. The SMILES string of the molecule is CCN1CCN(c2cc(CN=C(N)N3CCN(c4nccs4)CC3)ccn2)CC1. The van der Waals surface area contributed by atoms with Gasteiger partial charge in [-0.3, -0.25) is 0 Å². The fourth-order valence-electron chi connectivity index (χ4n) is 3.80. The van der Waals surface area contributed by atoms with E-state index < -0.39 is 0 Å². The second kappa shape index (κ2) is 9.41. The van der Waals surface area contributed by atoms with Gasteiger partial charge in [0, 0.05) is 70.1 Å². The molecule has 156 valence electrons. The minimum Gasteiger partial charge on any atom is -0.370 e. The van der Waals surface area contributed by atoms with E-state index in [9.17, 15) is 0 Å². The van der Waals surface area contributed by atoms with Gasteiger partial charge < -0.3 is 25.3 Å². The van der Waals surface area contributed by atoms with E-state index in [1.54, 1.807) is 11.3 Å². The van der Waals surface area contributed by atoms with Crippen molar-refractivity contribution in [2.75, 3.05) is 68.7 Å². The molecular weight excluding hydrogens is 384 g/mol. The van der Waals surface area contributed by atoms with Crippen LogP contribution in [0.4, 0.5) is 10.9 Å². The number of nitrogens with zero attached hydrogens (tertiary/aromatic N) is 7. The minimum atomic E-state index is 0.586. The third kappa shape index (κ3) is 4.97. The summed E-state index contributed by atoms with van der Waals surface area (Å²) >= 11 is 1.68. The van der Waals surface area contributed by atoms with Crippen LogP contribution >= 0.6 is 11.3 Å². The summed E-state index contributed by atoms with van der Waals surface area (Å²) in [6.07, 6.45) is 3.74. The molecule has 2 N–H and O–H groups in total. The molecule has 0 unspecified atom stereocenters. The summed E-state index contributed by atoms with van der Waals surface area (Å²) < 4.78 is 0. The topological polar surface area (TPSA) is 77.1 Å². The molecule has 2 aliphatic heterocycles. The van der Waals surface area contributed by atoms with Crippen LogP contribution < -0.4 is 15.5 Å². The number of pyridine rings is 1. The monoisotopic (exact) mass is 414 g/mol. The normalized spacial score (nSPS) is 19.1. The molecule has 2 aliphatic rings. The first-order valence-corrected chi connectivity index (χ1v) is 11.2. The van der Waals surface area contributed by atoms with Crippen LogP contribution in [-0.2, 0) is 6.54 Å².